The fraction of sp³-hybridized carbons (Fsp3) is 0.667. The van der Waals surface area contributed by atoms with Crippen LogP contribution in [-0.4, -0.2) is 18.0 Å². The molecule has 0 aliphatic heterocycles. The number of benzene rings is 1. The van der Waals surface area contributed by atoms with E-state index in [0.29, 0.717) is 12.1 Å². The van der Waals surface area contributed by atoms with Gasteiger partial charge in [-0.1, -0.05) is 67.4 Å². The molecule has 0 aromatic heterocycles. The van der Waals surface area contributed by atoms with Gasteiger partial charge in [0, 0.05) is 16.2 Å². The highest BCUT2D eigenvalue weighted by Gasteiger charge is 2.18. The molecule has 4 heteroatoms. The molecule has 0 spiro atoms. The second-order valence-electron chi connectivity index (χ2n) is 7.53. The Hall–Kier alpha value is -1.03. The SMILES string of the molecule is CCc1ccc(Br)cc1NC(=NC1CCCCC1)NC1CCCCC1. The van der Waals surface area contributed by atoms with E-state index in [2.05, 4.69) is 51.7 Å². The molecule has 0 amide bonds. The quantitative estimate of drug-likeness (QED) is 0.473. The van der Waals surface area contributed by atoms with Crippen LogP contribution in [0.1, 0.15) is 76.7 Å². The lowest BCUT2D eigenvalue weighted by Gasteiger charge is -2.27. The van der Waals surface area contributed by atoms with E-state index in [-0.39, 0.29) is 0 Å². The number of nitrogens with one attached hydrogen (secondary N) is 2. The van der Waals surface area contributed by atoms with Gasteiger partial charge in [-0.25, -0.2) is 4.99 Å². The number of guanidine groups is 1. The molecule has 0 radical (unpaired) electrons. The summed E-state index contributed by atoms with van der Waals surface area (Å²) in [7, 11) is 0. The van der Waals surface area contributed by atoms with Crippen LogP contribution in [0, 0.1) is 0 Å². The number of anilines is 1. The Kier molecular flexibility index (Phi) is 7.21. The van der Waals surface area contributed by atoms with Crippen LogP contribution in [0.5, 0.6) is 0 Å². The molecule has 2 aliphatic rings. The third-order valence-electron chi connectivity index (χ3n) is 5.54. The van der Waals surface area contributed by atoms with E-state index in [0.717, 1.165) is 16.9 Å². The van der Waals surface area contributed by atoms with Gasteiger partial charge in [-0.05, 0) is 49.8 Å². The average Bonchev–Trinajstić information content (AvgIpc) is 2.63. The maximum absolute atomic E-state index is 5.11. The van der Waals surface area contributed by atoms with Gasteiger partial charge in [0.2, 0.25) is 0 Å². The number of hydrogen-bond acceptors (Lipinski definition) is 1. The van der Waals surface area contributed by atoms with Crippen LogP contribution in [0.3, 0.4) is 0 Å². The standard InChI is InChI=1S/C21H32BrN3/c1-2-16-13-14-17(22)15-20(16)25-21(23-18-9-5-3-6-10-18)24-19-11-7-4-8-12-19/h13-15,18-19H,2-12H2,1H3,(H2,23,24,25). The monoisotopic (exact) mass is 405 g/mol. The van der Waals surface area contributed by atoms with Crippen molar-refractivity contribution in [2.75, 3.05) is 5.32 Å². The van der Waals surface area contributed by atoms with E-state index in [9.17, 15) is 0 Å². The molecule has 2 fully saturated rings. The van der Waals surface area contributed by atoms with Crippen LogP contribution in [0.25, 0.3) is 0 Å². The van der Waals surface area contributed by atoms with E-state index in [1.807, 2.05) is 0 Å². The van der Waals surface area contributed by atoms with Crippen molar-refractivity contribution in [3.05, 3.63) is 28.2 Å². The Morgan fingerprint density at radius 3 is 2.40 bits per heavy atom. The van der Waals surface area contributed by atoms with Gasteiger partial charge in [-0.3, -0.25) is 0 Å². The molecule has 0 bridgehead atoms. The zero-order valence-corrected chi connectivity index (χ0v) is 17.1. The fourth-order valence-corrected chi connectivity index (χ4v) is 4.40. The molecule has 1 aromatic rings. The Bertz CT molecular complexity index is 573. The van der Waals surface area contributed by atoms with Crippen molar-refractivity contribution in [3.8, 4) is 0 Å². The molecule has 0 unspecified atom stereocenters. The Morgan fingerprint density at radius 2 is 1.72 bits per heavy atom. The summed E-state index contributed by atoms with van der Waals surface area (Å²) in [6.45, 7) is 2.21. The third kappa shape index (κ3) is 5.73. The van der Waals surface area contributed by atoms with Gasteiger partial charge in [0.05, 0.1) is 6.04 Å². The topological polar surface area (TPSA) is 36.4 Å². The minimum atomic E-state index is 0.476. The van der Waals surface area contributed by atoms with Crippen LogP contribution in [0.2, 0.25) is 0 Å². The van der Waals surface area contributed by atoms with Gasteiger partial charge in [0.25, 0.3) is 0 Å². The summed E-state index contributed by atoms with van der Waals surface area (Å²) in [4.78, 5) is 5.11. The second kappa shape index (κ2) is 9.61. The smallest absolute Gasteiger partial charge is 0.196 e. The average molecular weight is 406 g/mol. The number of hydrogen-bond donors (Lipinski definition) is 2. The zero-order valence-electron chi connectivity index (χ0n) is 15.5. The first-order valence-corrected chi connectivity index (χ1v) is 10.9. The van der Waals surface area contributed by atoms with Gasteiger partial charge in [-0.2, -0.15) is 0 Å². The van der Waals surface area contributed by atoms with Crippen LogP contribution in [0.4, 0.5) is 5.69 Å². The summed E-state index contributed by atoms with van der Waals surface area (Å²) in [6.07, 6.45) is 14.1. The Morgan fingerprint density at radius 1 is 1.04 bits per heavy atom. The molecule has 138 valence electrons. The van der Waals surface area contributed by atoms with E-state index < -0.39 is 0 Å². The predicted molar refractivity (Wildman–Crippen MR) is 111 cm³/mol. The lowest BCUT2D eigenvalue weighted by atomic mass is 9.95. The summed E-state index contributed by atoms with van der Waals surface area (Å²) in [5.41, 5.74) is 2.51. The molecule has 2 N–H and O–H groups in total. The van der Waals surface area contributed by atoms with Crippen molar-refractivity contribution in [2.24, 2.45) is 4.99 Å². The van der Waals surface area contributed by atoms with Crippen molar-refractivity contribution >= 4 is 27.6 Å². The van der Waals surface area contributed by atoms with E-state index >= 15 is 0 Å². The number of aliphatic imine (C=N–C) groups is 1. The summed E-state index contributed by atoms with van der Waals surface area (Å²) < 4.78 is 1.11. The van der Waals surface area contributed by atoms with Crippen molar-refractivity contribution in [2.45, 2.75) is 89.6 Å². The summed E-state index contributed by atoms with van der Waals surface area (Å²) in [5.74, 6) is 0.992. The second-order valence-corrected chi connectivity index (χ2v) is 8.44. The van der Waals surface area contributed by atoms with Crippen molar-refractivity contribution in [1.29, 1.82) is 0 Å². The highest BCUT2D eigenvalue weighted by atomic mass is 79.9. The molecule has 1 aromatic carbocycles. The van der Waals surface area contributed by atoms with Crippen LogP contribution >= 0.6 is 15.9 Å². The number of nitrogens with zero attached hydrogens (tertiary/aromatic N) is 1. The summed E-state index contributed by atoms with van der Waals surface area (Å²) in [6, 6.07) is 7.55. The van der Waals surface area contributed by atoms with Gasteiger partial charge in [0.15, 0.2) is 5.96 Å². The fourth-order valence-electron chi connectivity index (χ4n) is 4.04. The lowest BCUT2D eigenvalue weighted by molar-refractivity contribution is 0.408. The van der Waals surface area contributed by atoms with Crippen molar-refractivity contribution in [1.82, 2.24) is 5.32 Å². The summed E-state index contributed by atoms with van der Waals surface area (Å²) in [5, 5.41) is 7.39. The maximum Gasteiger partial charge on any atom is 0.196 e. The predicted octanol–water partition coefficient (Wildman–Crippen LogP) is 6.03. The van der Waals surface area contributed by atoms with Gasteiger partial charge in [0.1, 0.15) is 0 Å². The van der Waals surface area contributed by atoms with E-state index in [1.165, 1.54) is 75.5 Å². The maximum atomic E-state index is 5.11. The molecule has 2 aliphatic carbocycles. The Labute approximate surface area is 161 Å². The molecule has 0 atom stereocenters. The Balaban J connectivity index is 1.77. The number of aryl methyl sites for hydroxylation is 1. The zero-order chi connectivity index (χ0) is 17.5. The molecule has 3 rings (SSSR count). The van der Waals surface area contributed by atoms with E-state index in [4.69, 9.17) is 4.99 Å². The highest BCUT2D eigenvalue weighted by Crippen LogP contribution is 2.24. The minimum absolute atomic E-state index is 0.476. The normalized spacial score (nSPS) is 20.5. The van der Waals surface area contributed by atoms with Crippen molar-refractivity contribution in [3.63, 3.8) is 0 Å². The summed E-state index contributed by atoms with van der Waals surface area (Å²) >= 11 is 3.61. The van der Waals surface area contributed by atoms with E-state index in [1.54, 1.807) is 0 Å². The minimum Gasteiger partial charge on any atom is -0.353 e. The van der Waals surface area contributed by atoms with Gasteiger partial charge >= 0.3 is 0 Å². The molecule has 0 heterocycles. The largest absolute Gasteiger partial charge is 0.353 e. The number of halogens is 1. The first-order valence-electron chi connectivity index (χ1n) is 10.1. The van der Waals surface area contributed by atoms with Crippen molar-refractivity contribution < 1.29 is 0 Å². The molecular weight excluding hydrogens is 374 g/mol. The first kappa shape index (κ1) is 18.8. The van der Waals surface area contributed by atoms with Gasteiger partial charge < -0.3 is 10.6 Å². The van der Waals surface area contributed by atoms with Gasteiger partial charge in [-0.15, -0.1) is 0 Å². The molecular formula is C21H32BrN3. The first-order chi connectivity index (χ1) is 12.2. The molecule has 3 nitrogen and oxygen atoms in total. The number of rotatable bonds is 4. The molecule has 2 saturated carbocycles. The van der Waals surface area contributed by atoms with Crippen LogP contribution in [0.15, 0.2) is 27.7 Å². The lowest BCUT2D eigenvalue weighted by Crippen LogP contribution is -2.41. The van der Waals surface area contributed by atoms with Crippen LogP contribution < -0.4 is 10.6 Å². The molecule has 25 heavy (non-hydrogen) atoms. The molecule has 0 saturated heterocycles. The van der Waals surface area contributed by atoms with Crippen LogP contribution in [-0.2, 0) is 6.42 Å². The third-order valence-corrected chi connectivity index (χ3v) is 6.03. The highest BCUT2D eigenvalue weighted by molar-refractivity contribution is 9.10.